The van der Waals surface area contributed by atoms with Gasteiger partial charge in [-0.3, -0.25) is 0 Å². The molecule has 1 aromatic rings. The first-order valence-electron chi connectivity index (χ1n) is 5.61. The predicted molar refractivity (Wildman–Crippen MR) is 62.2 cm³/mol. The second kappa shape index (κ2) is 5.03. The Morgan fingerprint density at radius 1 is 1.13 bits per heavy atom. The van der Waals surface area contributed by atoms with Crippen molar-refractivity contribution in [3.05, 3.63) is 24.3 Å². The Morgan fingerprint density at radius 2 is 1.93 bits per heavy atom. The summed E-state index contributed by atoms with van der Waals surface area (Å²) >= 11 is 0. The predicted octanol–water partition coefficient (Wildman–Crippen LogP) is 1.95. The fraction of sp³-hybridized carbons (Fsp3) is 0.500. The van der Waals surface area contributed by atoms with Gasteiger partial charge in [0.1, 0.15) is 5.75 Å². The molecule has 3 nitrogen and oxygen atoms in total. The molecule has 1 aliphatic rings. The summed E-state index contributed by atoms with van der Waals surface area (Å²) in [6, 6.07) is 7.85. The van der Waals surface area contributed by atoms with E-state index in [1.165, 1.54) is 19.3 Å². The minimum atomic E-state index is 0.322. The lowest BCUT2D eigenvalue weighted by atomic mass is 10.1. The summed E-state index contributed by atoms with van der Waals surface area (Å²) in [5.41, 5.74) is 1.10. The molecule has 3 heteroatoms. The molecule has 3 N–H and O–H groups in total. The highest BCUT2D eigenvalue weighted by molar-refractivity contribution is 5.46. The summed E-state index contributed by atoms with van der Waals surface area (Å²) in [5.74, 6) is 0.322. The number of hydrogen-bond donors (Lipinski definition) is 3. The van der Waals surface area contributed by atoms with Crippen molar-refractivity contribution in [2.45, 2.75) is 25.3 Å². The van der Waals surface area contributed by atoms with Crippen LogP contribution in [-0.2, 0) is 0 Å². The van der Waals surface area contributed by atoms with E-state index in [2.05, 4.69) is 10.6 Å². The fourth-order valence-electron chi connectivity index (χ4n) is 1.96. The first-order chi connectivity index (χ1) is 7.34. The van der Waals surface area contributed by atoms with E-state index in [-0.39, 0.29) is 0 Å². The third-order valence-electron chi connectivity index (χ3n) is 2.81. The zero-order valence-corrected chi connectivity index (χ0v) is 8.87. The van der Waals surface area contributed by atoms with Gasteiger partial charge in [0.2, 0.25) is 0 Å². The second-order valence-corrected chi connectivity index (χ2v) is 4.07. The maximum absolute atomic E-state index is 9.17. The van der Waals surface area contributed by atoms with E-state index < -0.39 is 0 Å². The smallest absolute Gasteiger partial charge is 0.115 e. The molecule has 0 spiro atoms. The van der Waals surface area contributed by atoms with Gasteiger partial charge in [0.25, 0.3) is 0 Å². The Bertz CT molecular complexity index is 289. The third-order valence-corrected chi connectivity index (χ3v) is 2.81. The molecule has 0 bridgehead atoms. The zero-order chi connectivity index (χ0) is 10.5. The van der Waals surface area contributed by atoms with Gasteiger partial charge in [-0.2, -0.15) is 0 Å². The van der Waals surface area contributed by atoms with E-state index in [4.69, 9.17) is 5.11 Å². The topological polar surface area (TPSA) is 44.3 Å². The summed E-state index contributed by atoms with van der Waals surface area (Å²) in [6.07, 6.45) is 3.62. The van der Waals surface area contributed by atoms with Crippen LogP contribution in [0.1, 0.15) is 19.3 Å². The lowest BCUT2D eigenvalue weighted by Crippen LogP contribution is -2.21. The van der Waals surface area contributed by atoms with Gasteiger partial charge in [-0.25, -0.2) is 0 Å². The van der Waals surface area contributed by atoms with Crippen LogP contribution in [0.15, 0.2) is 24.3 Å². The van der Waals surface area contributed by atoms with E-state index in [9.17, 15) is 0 Å². The lowest BCUT2D eigenvalue weighted by molar-refractivity contribution is 0.475. The molecule has 0 aromatic heterocycles. The number of anilines is 1. The molecule has 0 amide bonds. The standard InChI is InChI=1S/C12H18N2O/c15-12-5-3-11(4-6-12)14-10-2-1-8-13-9-7-10/h3-6,10,13-15H,1-2,7-9H2. The molecular formula is C12H18N2O. The molecule has 1 aromatic carbocycles. The van der Waals surface area contributed by atoms with Gasteiger partial charge in [-0.05, 0) is 56.6 Å². The molecule has 1 aliphatic heterocycles. The molecule has 1 heterocycles. The Hall–Kier alpha value is -1.22. The number of nitrogens with one attached hydrogen (secondary N) is 2. The van der Waals surface area contributed by atoms with Gasteiger partial charge in [0.15, 0.2) is 0 Å². The molecule has 0 radical (unpaired) electrons. The van der Waals surface area contributed by atoms with Gasteiger partial charge in [0.05, 0.1) is 0 Å². The number of aromatic hydroxyl groups is 1. The van der Waals surface area contributed by atoms with Gasteiger partial charge in [-0.15, -0.1) is 0 Å². The van der Waals surface area contributed by atoms with Crippen LogP contribution in [0.2, 0.25) is 0 Å². The van der Waals surface area contributed by atoms with Crippen LogP contribution in [-0.4, -0.2) is 24.2 Å². The van der Waals surface area contributed by atoms with Crippen molar-refractivity contribution in [3.63, 3.8) is 0 Å². The molecule has 15 heavy (non-hydrogen) atoms. The van der Waals surface area contributed by atoms with Gasteiger partial charge in [-0.1, -0.05) is 0 Å². The van der Waals surface area contributed by atoms with E-state index in [1.54, 1.807) is 12.1 Å². The van der Waals surface area contributed by atoms with E-state index in [0.29, 0.717) is 11.8 Å². The van der Waals surface area contributed by atoms with Crippen molar-refractivity contribution >= 4 is 5.69 Å². The van der Waals surface area contributed by atoms with Gasteiger partial charge < -0.3 is 15.7 Å². The summed E-state index contributed by atoms with van der Waals surface area (Å²) < 4.78 is 0. The Morgan fingerprint density at radius 3 is 2.73 bits per heavy atom. The van der Waals surface area contributed by atoms with E-state index in [1.807, 2.05) is 12.1 Å². The highest BCUT2D eigenvalue weighted by Gasteiger charge is 2.10. The molecular weight excluding hydrogens is 188 g/mol. The van der Waals surface area contributed by atoms with Crippen molar-refractivity contribution in [3.8, 4) is 5.75 Å². The summed E-state index contributed by atoms with van der Waals surface area (Å²) in [6.45, 7) is 2.23. The second-order valence-electron chi connectivity index (χ2n) is 4.07. The Kier molecular flexibility index (Phi) is 3.45. The van der Waals surface area contributed by atoms with Gasteiger partial charge in [0, 0.05) is 11.7 Å². The Balaban J connectivity index is 1.92. The maximum Gasteiger partial charge on any atom is 0.115 e. The molecule has 82 valence electrons. The van der Waals surface area contributed by atoms with Crippen molar-refractivity contribution in [1.82, 2.24) is 5.32 Å². The van der Waals surface area contributed by atoms with Crippen LogP contribution in [0.5, 0.6) is 5.75 Å². The summed E-state index contributed by atoms with van der Waals surface area (Å²) in [4.78, 5) is 0. The van der Waals surface area contributed by atoms with Crippen LogP contribution in [0, 0.1) is 0 Å². The van der Waals surface area contributed by atoms with E-state index in [0.717, 1.165) is 18.8 Å². The normalized spacial score (nSPS) is 22.0. The van der Waals surface area contributed by atoms with E-state index >= 15 is 0 Å². The van der Waals surface area contributed by atoms with Crippen LogP contribution < -0.4 is 10.6 Å². The molecule has 1 saturated heterocycles. The summed E-state index contributed by atoms with van der Waals surface area (Å²) in [7, 11) is 0. The van der Waals surface area contributed by atoms with Crippen molar-refractivity contribution < 1.29 is 5.11 Å². The average Bonchev–Trinajstić information content (AvgIpc) is 2.50. The van der Waals surface area contributed by atoms with Crippen LogP contribution >= 0.6 is 0 Å². The summed E-state index contributed by atoms with van der Waals surface area (Å²) in [5, 5.41) is 16.1. The fourth-order valence-corrected chi connectivity index (χ4v) is 1.96. The van der Waals surface area contributed by atoms with Crippen molar-refractivity contribution in [1.29, 1.82) is 0 Å². The maximum atomic E-state index is 9.17. The van der Waals surface area contributed by atoms with Crippen LogP contribution in [0.4, 0.5) is 5.69 Å². The number of rotatable bonds is 2. The molecule has 0 aliphatic carbocycles. The zero-order valence-electron chi connectivity index (χ0n) is 8.87. The van der Waals surface area contributed by atoms with Crippen LogP contribution in [0.3, 0.4) is 0 Å². The number of benzene rings is 1. The highest BCUT2D eigenvalue weighted by atomic mass is 16.3. The monoisotopic (exact) mass is 206 g/mol. The van der Waals surface area contributed by atoms with Crippen LogP contribution in [0.25, 0.3) is 0 Å². The van der Waals surface area contributed by atoms with Crippen molar-refractivity contribution in [2.75, 3.05) is 18.4 Å². The third kappa shape index (κ3) is 3.13. The molecule has 1 atom stereocenters. The quantitative estimate of drug-likeness (QED) is 0.648. The Labute approximate surface area is 90.5 Å². The van der Waals surface area contributed by atoms with Gasteiger partial charge >= 0.3 is 0 Å². The van der Waals surface area contributed by atoms with Crippen molar-refractivity contribution in [2.24, 2.45) is 0 Å². The minimum absolute atomic E-state index is 0.322. The minimum Gasteiger partial charge on any atom is -0.508 e. The SMILES string of the molecule is Oc1ccc(NC2CCCNCC2)cc1. The molecule has 1 unspecified atom stereocenters. The number of phenolic OH excluding ortho intramolecular Hbond substituents is 1. The first-order valence-corrected chi connectivity index (χ1v) is 5.61. The molecule has 2 rings (SSSR count). The largest absolute Gasteiger partial charge is 0.508 e. The first kappa shape index (κ1) is 10.3. The molecule has 1 fully saturated rings. The lowest BCUT2D eigenvalue weighted by Gasteiger charge is -2.17. The molecule has 0 saturated carbocycles. The number of hydrogen-bond acceptors (Lipinski definition) is 3. The average molecular weight is 206 g/mol. The highest BCUT2D eigenvalue weighted by Crippen LogP contribution is 2.17. The number of phenols is 1.